The third-order valence-corrected chi connectivity index (χ3v) is 3.66. The van der Waals surface area contributed by atoms with Crippen molar-refractivity contribution in [2.75, 3.05) is 13.1 Å². The summed E-state index contributed by atoms with van der Waals surface area (Å²) < 4.78 is 0. The van der Waals surface area contributed by atoms with Gasteiger partial charge in [0.1, 0.15) is 0 Å². The lowest BCUT2D eigenvalue weighted by Crippen LogP contribution is -2.39. The number of aliphatic carboxylic acids is 1. The van der Waals surface area contributed by atoms with Gasteiger partial charge >= 0.3 is 5.97 Å². The molecule has 0 atom stereocenters. The van der Waals surface area contributed by atoms with Crippen molar-refractivity contribution >= 4 is 29.6 Å². The van der Waals surface area contributed by atoms with E-state index in [9.17, 15) is 9.59 Å². The van der Waals surface area contributed by atoms with E-state index in [-0.39, 0.29) is 11.8 Å². The molecule has 0 spiro atoms. The maximum atomic E-state index is 12.0. The molecule has 5 heteroatoms. The van der Waals surface area contributed by atoms with Crippen LogP contribution in [0.2, 0.25) is 5.02 Å². The zero-order valence-electron chi connectivity index (χ0n) is 11.0. The number of carbonyl (C=O) groups excluding carboxylic acids is 1. The van der Waals surface area contributed by atoms with Crippen molar-refractivity contribution in [3.63, 3.8) is 0 Å². The van der Waals surface area contributed by atoms with Crippen LogP contribution >= 0.6 is 11.6 Å². The fourth-order valence-corrected chi connectivity index (χ4v) is 2.43. The Morgan fingerprint density at radius 1 is 1.30 bits per heavy atom. The van der Waals surface area contributed by atoms with Crippen LogP contribution in [-0.2, 0) is 9.59 Å². The van der Waals surface area contributed by atoms with Crippen LogP contribution in [-0.4, -0.2) is 35.0 Å². The minimum absolute atomic E-state index is 0.0891. The van der Waals surface area contributed by atoms with Crippen LogP contribution in [0.25, 0.3) is 6.08 Å². The number of hydrogen-bond acceptors (Lipinski definition) is 2. The molecule has 1 saturated heterocycles. The summed E-state index contributed by atoms with van der Waals surface area (Å²) in [6.07, 6.45) is 4.27. The minimum atomic E-state index is -0.772. The predicted molar refractivity (Wildman–Crippen MR) is 77.4 cm³/mol. The molecule has 1 aromatic carbocycles. The Kier molecular flexibility index (Phi) is 4.79. The minimum Gasteiger partial charge on any atom is -0.481 e. The van der Waals surface area contributed by atoms with Crippen molar-refractivity contribution in [1.82, 2.24) is 4.90 Å². The average molecular weight is 294 g/mol. The van der Waals surface area contributed by atoms with Gasteiger partial charge in [0.2, 0.25) is 5.91 Å². The zero-order chi connectivity index (χ0) is 14.5. The Balaban J connectivity index is 1.91. The van der Waals surface area contributed by atoms with E-state index in [0.717, 1.165) is 5.56 Å². The molecular weight excluding hydrogens is 278 g/mol. The lowest BCUT2D eigenvalue weighted by atomic mass is 9.97. The number of halogens is 1. The quantitative estimate of drug-likeness (QED) is 0.872. The highest BCUT2D eigenvalue weighted by atomic mass is 35.5. The van der Waals surface area contributed by atoms with E-state index in [2.05, 4.69) is 0 Å². The van der Waals surface area contributed by atoms with Crippen molar-refractivity contribution in [3.8, 4) is 0 Å². The summed E-state index contributed by atoms with van der Waals surface area (Å²) in [5.41, 5.74) is 0.867. The number of likely N-dealkylation sites (tertiary alicyclic amines) is 1. The topological polar surface area (TPSA) is 57.6 Å². The van der Waals surface area contributed by atoms with E-state index in [0.29, 0.717) is 31.0 Å². The van der Waals surface area contributed by atoms with Crippen LogP contribution < -0.4 is 0 Å². The molecule has 0 saturated carbocycles. The first-order chi connectivity index (χ1) is 9.56. The largest absolute Gasteiger partial charge is 0.481 e. The van der Waals surface area contributed by atoms with Gasteiger partial charge in [-0.3, -0.25) is 9.59 Å². The smallest absolute Gasteiger partial charge is 0.306 e. The van der Waals surface area contributed by atoms with Gasteiger partial charge in [0.25, 0.3) is 0 Å². The highest BCUT2D eigenvalue weighted by molar-refractivity contribution is 6.30. The lowest BCUT2D eigenvalue weighted by molar-refractivity contribution is -0.144. The van der Waals surface area contributed by atoms with Crippen molar-refractivity contribution < 1.29 is 14.7 Å². The first-order valence-corrected chi connectivity index (χ1v) is 6.89. The Hall–Kier alpha value is -1.81. The SMILES string of the molecule is O=C(O)C1CCN(C(=O)/C=C/c2cccc(Cl)c2)CC1. The van der Waals surface area contributed by atoms with E-state index >= 15 is 0 Å². The molecule has 106 valence electrons. The molecule has 0 radical (unpaired) electrons. The van der Waals surface area contributed by atoms with Crippen LogP contribution in [0.4, 0.5) is 0 Å². The van der Waals surface area contributed by atoms with Crippen LogP contribution in [0, 0.1) is 5.92 Å². The molecule has 1 amide bonds. The summed E-state index contributed by atoms with van der Waals surface area (Å²) in [4.78, 5) is 24.5. The number of hydrogen-bond donors (Lipinski definition) is 1. The van der Waals surface area contributed by atoms with Gasteiger partial charge in [-0.1, -0.05) is 23.7 Å². The van der Waals surface area contributed by atoms with E-state index in [1.807, 2.05) is 12.1 Å². The van der Waals surface area contributed by atoms with Gasteiger partial charge in [-0.05, 0) is 36.6 Å². The van der Waals surface area contributed by atoms with Crippen molar-refractivity contribution in [2.24, 2.45) is 5.92 Å². The molecular formula is C15H16ClNO3. The summed E-state index contributed by atoms with van der Waals surface area (Å²) in [6.45, 7) is 0.991. The van der Waals surface area contributed by atoms with Crippen molar-refractivity contribution in [3.05, 3.63) is 40.9 Å². The fraction of sp³-hybridized carbons (Fsp3) is 0.333. The van der Waals surface area contributed by atoms with Gasteiger partial charge in [0.05, 0.1) is 5.92 Å². The Morgan fingerprint density at radius 2 is 2.00 bits per heavy atom. The Labute approximate surface area is 122 Å². The summed E-state index contributed by atoms with van der Waals surface area (Å²) >= 11 is 5.87. The first-order valence-electron chi connectivity index (χ1n) is 6.51. The van der Waals surface area contributed by atoms with Crippen molar-refractivity contribution in [1.29, 1.82) is 0 Å². The molecule has 20 heavy (non-hydrogen) atoms. The number of carboxylic acid groups (broad SMARTS) is 1. The van der Waals surface area contributed by atoms with Crippen LogP contribution in [0.3, 0.4) is 0 Å². The zero-order valence-corrected chi connectivity index (χ0v) is 11.7. The number of benzene rings is 1. The molecule has 1 fully saturated rings. The third kappa shape index (κ3) is 3.84. The Morgan fingerprint density at radius 3 is 2.60 bits per heavy atom. The number of carbonyl (C=O) groups is 2. The van der Waals surface area contributed by atoms with Crippen molar-refractivity contribution in [2.45, 2.75) is 12.8 Å². The summed E-state index contributed by atoms with van der Waals surface area (Å²) in [5, 5.41) is 9.54. The molecule has 2 rings (SSSR count). The molecule has 0 bridgehead atoms. The number of rotatable bonds is 3. The highest BCUT2D eigenvalue weighted by Crippen LogP contribution is 2.18. The molecule has 1 aromatic rings. The standard InChI is InChI=1S/C15H16ClNO3/c16-13-3-1-2-11(10-13)4-5-14(18)17-8-6-12(7-9-17)15(19)20/h1-5,10,12H,6-9H2,(H,19,20)/b5-4+. The van der Waals surface area contributed by atoms with Gasteiger partial charge < -0.3 is 10.0 Å². The molecule has 0 aliphatic carbocycles. The second-order valence-electron chi connectivity index (χ2n) is 4.83. The second-order valence-corrected chi connectivity index (χ2v) is 5.26. The van der Waals surface area contributed by atoms with Gasteiger partial charge in [-0.15, -0.1) is 0 Å². The van der Waals surface area contributed by atoms with Crippen LogP contribution in [0.5, 0.6) is 0 Å². The maximum absolute atomic E-state index is 12.0. The molecule has 0 aromatic heterocycles. The van der Waals surface area contributed by atoms with E-state index < -0.39 is 5.97 Å². The fourth-order valence-electron chi connectivity index (χ4n) is 2.23. The van der Waals surface area contributed by atoms with E-state index in [1.54, 1.807) is 23.1 Å². The molecule has 0 unspecified atom stereocenters. The number of carboxylic acids is 1. The molecule has 1 N–H and O–H groups in total. The van der Waals surface area contributed by atoms with Crippen LogP contribution in [0.15, 0.2) is 30.3 Å². The monoisotopic (exact) mass is 293 g/mol. The maximum Gasteiger partial charge on any atom is 0.306 e. The van der Waals surface area contributed by atoms with Gasteiger partial charge in [-0.2, -0.15) is 0 Å². The summed E-state index contributed by atoms with van der Waals surface area (Å²) in [6, 6.07) is 7.25. The highest BCUT2D eigenvalue weighted by Gasteiger charge is 2.25. The molecule has 1 aliphatic heterocycles. The van der Waals surface area contributed by atoms with Crippen LogP contribution in [0.1, 0.15) is 18.4 Å². The number of amides is 1. The normalized spacial score (nSPS) is 16.6. The predicted octanol–water partition coefficient (Wildman–Crippen LogP) is 2.68. The number of nitrogens with zero attached hydrogens (tertiary/aromatic N) is 1. The first kappa shape index (κ1) is 14.6. The molecule has 1 aliphatic rings. The summed E-state index contributed by atoms with van der Waals surface area (Å²) in [5.74, 6) is -1.18. The number of piperidine rings is 1. The molecule has 1 heterocycles. The third-order valence-electron chi connectivity index (χ3n) is 3.42. The summed E-state index contributed by atoms with van der Waals surface area (Å²) in [7, 11) is 0. The van der Waals surface area contributed by atoms with Gasteiger partial charge in [0, 0.05) is 24.2 Å². The second kappa shape index (κ2) is 6.57. The Bertz CT molecular complexity index is 534. The van der Waals surface area contributed by atoms with E-state index in [4.69, 9.17) is 16.7 Å². The molecule has 4 nitrogen and oxygen atoms in total. The average Bonchev–Trinajstić information content (AvgIpc) is 2.45. The van der Waals surface area contributed by atoms with Gasteiger partial charge in [0.15, 0.2) is 0 Å². The van der Waals surface area contributed by atoms with Gasteiger partial charge in [-0.25, -0.2) is 0 Å². The lowest BCUT2D eigenvalue weighted by Gasteiger charge is -2.29. The van der Waals surface area contributed by atoms with E-state index in [1.165, 1.54) is 6.08 Å².